The fourth-order valence-electron chi connectivity index (χ4n) is 7.19. The van der Waals surface area contributed by atoms with Crippen molar-refractivity contribution in [1.82, 2.24) is 0 Å². The van der Waals surface area contributed by atoms with Gasteiger partial charge < -0.3 is 0 Å². The summed E-state index contributed by atoms with van der Waals surface area (Å²) in [4.78, 5) is 0. The Balaban J connectivity index is 0.000000129. The van der Waals surface area contributed by atoms with Crippen LogP contribution in [0.25, 0.3) is 86.2 Å². The molecule has 0 heterocycles. The molecule has 0 saturated heterocycles. The molecule has 0 saturated carbocycles. The topological polar surface area (TPSA) is 12.4 Å². The molecule has 0 atom stereocenters. The number of hydrogen-bond acceptors (Lipinski definition) is 2. The number of benzene rings is 10. The summed E-state index contributed by atoms with van der Waals surface area (Å²) in [6.07, 6.45) is 0. The second-order valence-electron chi connectivity index (χ2n) is 11.1. The zero-order valence-electron chi connectivity index (χ0n) is 25.7. The quantitative estimate of drug-likeness (QED) is 0.0711. The summed E-state index contributed by atoms with van der Waals surface area (Å²) in [5.41, 5.74) is 0. The van der Waals surface area contributed by atoms with Crippen LogP contribution >= 0.6 is 28.7 Å². The molecule has 10 rings (SSSR count). The van der Waals surface area contributed by atoms with Gasteiger partial charge in [0.1, 0.15) is 0 Å². The maximum atomic E-state index is 9.96. The summed E-state index contributed by atoms with van der Waals surface area (Å²) < 4.78 is 19.4. The van der Waals surface area contributed by atoms with E-state index in [1.807, 2.05) is 0 Å². The summed E-state index contributed by atoms with van der Waals surface area (Å²) in [6, 6.07) is 50.6. The first kappa shape index (κ1) is 28.9. The Morgan fingerprint density at radius 2 is 0.717 bits per heavy atom. The molecular weight excluding hydrogens is 648 g/mol. The van der Waals surface area contributed by atoms with E-state index in [-0.39, 0.29) is 0 Å². The molecule has 10 aromatic carbocycles. The Bertz CT molecular complexity index is 2480. The fraction of sp³-hybridized carbons (Fsp3) is 0.0244. The monoisotopic (exact) mass is 675 g/mol. The molecule has 0 unspecified atom stereocenters. The van der Waals surface area contributed by atoms with Crippen molar-refractivity contribution >= 4 is 123 Å². The molecule has 0 N–H and O–H groups in total. The van der Waals surface area contributed by atoms with Gasteiger partial charge in [-0.2, -0.15) is 0 Å². The van der Waals surface area contributed by atoms with Gasteiger partial charge in [-0.3, -0.25) is 4.39 Å². The Morgan fingerprint density at radius 3 is 1.04 bits per heavy atom. The number of rotatable bonds is 0. The van der Waals surface area contributed by atoms with Gasteiger partial charge in [0.25, 0.3) is 0 Å². The van der Waals surface area contributed by atoms with Gasteiger partial charge in [-0.15, -0.1) is 0 Å². The van der Waals surface area contributed by atoms with E-state index in [1.165, 1.54) is 86.2 Å². The van der Waals surface area contributed by atoms with Crippen molar-refractivity contribution in [3.8, 4) is 0 Å². The van der Waals surface area contributed by atoms with Crippen LogP contribution in [-0.2, 0) is 0 Å². The van der Waals surface area contributed by atoms with Crippen LogP contribution in [0.2, 0.25) is 0 Å². The van der Waals surface area contributed by atoms with Crippen LogP contribution < -0.4 is 0 Å². The Kier molecular flexibility index (Phi) is 7.95. The van der Waals surface area contributed by atoms with E-state index in [2.05, 4.69) is 180 Å². The SMILES string of the molecule is Brc1ccc2c3cccc4cccc(c5cccc1c52)c43.[2H]CF.[B]=NS.c1cc2cccc3c4cccc5cccc(c(c1)c23)c54. The summed E-state index contributed by atoms with van der Waals surface area (Å²) in [5.74, 6) is 0. The number of hydrogen-bond donors (Lipinski definition) is 1. The minimum Gasteiger partial charge on any atom is -0.0610 e. The summed E-state index contributed by atoms with van der Waals surface area (Å²) in [7, 11) is 3.34. The molecule has 0 aliphatic rings. The third kappa shape index (κ3) is 4.77. The predicted octanol–water partition coefficient (Wildman–Crippen LogP) is 13.0. The van der Waals surface area contributed by atoms with E-state index in [1.54, 1.807) is 0 Å². The standard InChI is InChI=1S/C20H11Br.C20H12.CH3F.BHNS/c21-18-11-10-16-14-7-2-5-12-4-1-6-13(19(12)14)15-8-3-9-17(18)20(15)16;1-5-13-6-2-11-17-18-12-4-8-14-7-3-10-16(20(14)18)15(9-1)19(13)17;1-2;1-2-3/h1-11H;1-12H;1H3;3H/i;;1D;. The number of alkyl halides is 1. The zero-order chi connectivity index (χ0) is 32.5. The van der Waals surface area contributed by atoms with Crippen LogP contribution in [0.15, 0.2) is 148 Å². The first-order chi connectivity index (χ1) is 23.1. The fourth-order valence-corrected chi connectivity index (χ4v) is 7.65. The average Bonchev–Trinajstić information content (AvgIpc) is 3.11. The molecule has 1 radical (unpaired) electrons. The Hall–Kier alpha value is -4.58. The molecule has 5 heteroatoms. The Labute approximate surface area is 282 Å². The van der Waals surface area contributed by atoms with Gasteiger partial charge in [0.05, 0.1) is 8.52 Å². The van der Waals surface area contributed by atoms with Gasteiger partial charge in [0.2, 0.25) is 0 Å². The third-order valence-corrected chi connectivity index (χ3v) is 9.55. The van der Waals surface area contributed by atoms with E-state index < -0.39 is 7.15 Å². The summed E-state index contributed by atoms with van der Waals surface area (Å²) in [6.45, 7) is 0. The van der Waals surface area contributed by atoms with Gasteiger partial charge in [0.15, 0.2) is 0 Å². The minimum atomic E-state index is -1.00. The minimum absolute atomic E-state index is 1.00. The van der Waals surface area contributed by atoms with Crippen molar-refractivity contribution < 1.29 is 5.76 Å². The Morgan fingerprint density at radius 1 is 0.478 bits per heavy atom. The van der Waals surface area contributed by atoms with Crippen LogP contribution in [0.1, 0.15) is 1.37 Å². The van der Waals surface area contributed by atoms with Gasteiger partial charge in [-0.05, 0) is 92.2 Å². The van der Waals surface area contributed by atoms with Crippen LogP contribution in [0.4, 0.5) is 4.39 Å². The van der Waals surface area contributed by atoms with Crippen molar-refractivity contribution in [1.29, 1.82) is 0 Å². The average molecular weight is 676 g/mol. The second-order valence-corrected chi connectivity index (χ2v) is 12.2. The van der Waals surface area contributed by atoms with Crippen molar-refractivity contribution in [3.05, 3.63) is 144 Å². The van der Waals surface area contributed by atoms with Crippen molar-refractivity contribution in [3.63, 3.8) is 0 Å². The molecule has 0 fully saturated rings. The van der Waals surface area contributed by atoms with Crippen LogP contribution in [0.5, 0.6) is 0 Å². The number of nitrogens with zero attached hydrogens (tertiary/aromatic N) is 1. The van der Waals surface area contributed by atoms with E-state index in [0.29, 0.717) is 0 Å². The molecule has 46 heavy (non-hydrogen) atoms. The van der Waals surface area contributed by atoms with E-state index in [9.17, 15) is 4.39 Å². The van der Waals surface area contributed by atoms with E-state index >= 15 is 0 Å². The normalized spacial score (nSPS) is 11.4. The molecule has 0 bridgehead atoms. The third-order valence-electron chi connectivity index (χ3n) is 8.86. The van der Waals surface area contributed by atoms with E-state index in [4.69, 9.17) is 1.37 Å². The zero-order valence-corrected chi connectivity index (χ0v) is 27.2. The largest absolute Gasteiger partial charge is 0.0610 e. The molecule has 1 nitrogen and oxygen atoms in total. The smallest absolute Gasteiger partial charge is 0.00264 e. The number of halogens is 2. The predicted molar refractivity (Wildman–Crippen MR) is 207 cm³/mol. The van der Waals surface area contributed by atoms with Crippen molar-refractivity contribution in [2.24, 2.45) is 4.30 Å². The molecule has 0 amide bonds. The number of fused-ring (bicyclic) bond motifs is 4. The summed E-state index contributed by atoms with van der Waals surface area (Å²) in [5, 5.41) is 21.6. The maximum Gasteiger partial charge on any atom is -0.00264 e. The first-order valence-electron chi connectivity index (χ1n) is 15.5. The van der Waals surface area contributed by atoms with E-state index in [0.717, 1.165) is 4.47 Å². The van der Waals surface area contributed by atoms with Crippen molar-refractivity contribution in [2.75, 3.05) is 7.15 Å². The molecule has 0 spiro atoms. The summed E-state index contributed by atoms with van der Waals surface area (Å²) >= 11 is 6.89. The maximum absolute atomic E-state index is 9.96. The van der Waals surface area contributed by atoms with Crippen molar-refractivity contribution in [2.45, 2.75) is 0 Å². The van der Waals surface area contributed by atoms with Gasteiger partial charge in [0, 0.05) is 4.47 Å². The van der Waals surface area contributed by atoms with Crippen LogP contribution in [-0.4, -0.2) is 14.8 Å². The molecule has 0 aromatic heterocycles. The molecule has 219 valence electrons. The van der Waals surface area contributed by atoms with Crippen LogP contribution in [0, 0.1) is 0 Å². The van der Waals surface area contributed by atoms with Crippen LogP contribution in [0.3, 0.4) is 0 Å². The molecule has 0 aliphatic carbocycles. The van der Waals surface area contributed by atoms with Gasteiger partial charge in [-0.1, -0.05) is 149 Å². The van der Waals surface area contributed by atoms with Gasteiger partial charge >= 0.3 is 24.8 Å². The number of thiol groups is 1. The van der Waals surface area contributed by atoms with Gasteiger partial charge in [-0.25, -0.2) is 0 Å². The molecule has 0 aliphatic heterocycles. The second kappa shape index (κ2) is 12.7. The molecule has 10 aromatic rings. The molecular formula is C41H27BBrFNS. The first-order valence-corrected chi connectivity index (χ1v) is 16.0.